The van der Waals surface area contributed by atoms with Gasteiger partial charge in [-0.2, -0.15) is 0 Å². The van der Waals surface area contributed by atoms with Gasteiger partial charge in [0.15, 0.2) is 0 Å². The van der Waals surface area contributed by atoms with Crippen LogP contribution in [0.15, 0.2) is 18.3 Å². The van der Waals surface area contributed by atoms with Crippen LogP contribution in [0.25, 0.3) is 11.0 Å². The highest BCUT2D eigenvalue weighted by Gasteiger charge is 2.18. The van der Waals surface area contributed by atoms with E-state index in [1.807, 2.05) is 20.0 Å². The van der Waals surface area contributed by atoms with Gasteiger partial charge in [0, 0.05) is 23.2 Å². The van der Waals surface area contributed by atoms with Crippen LogP contribution in [0.5, 0.6) is 0 Å². The predicted molar refractivity (Wildman–Crippen MR) is 108 cm³/mol. The molecule has 0 aliphatic carbocycles. The fraction of sp³-hybridized carbons (Fsp3) is 0.450. The molecule has 26 heavy (non-hydrogen) atoms. The molecule has 5 nitrogen and oxygen atoms in total. The molecule has 1 amide bonds. The van der Waals surface area contributed by atoms with Gasteiger partial charge in [-0.3, -0.25) is 4.79 Å². The zero-order valence-corrected chi connectivity index (χ0v) is 17.1. The van der Waals surface area contributed by atoms with Gasteiger partial charge < -0.3 is 9.88 Å². The van der Waals surface area contributed by atoms with E-state index in [0.29, 0.717) is 12.2 Å². The number of pyridine rings is 1. The van der Waals surface area contributed by atoms with Crippen molar-refractivity contribution >= 4 is 34.1 Å². The second-order valence-electron chi connectivity index (χ2n) is 8.06. The number of aromatic nitrogens is 3. The molecule has 0 unspecified atom stereocenters. The highest BCUT2D eigenvalue weighted by atomic mass is 32.1. The van der Waals surface area contributed by atoms with Crippen molar-refractivity contribution in [2.24, 2.45) is 5.41 Å². The van der Waals surface area contributed by atoms with Crippen LogP contribution in [0.1, 0.15) is 48.3 Å². The molecule has 138 valence electrons. The SMILES string of the molecule is Cc1ncc(Cn2c(C)cc3nc(NC(=O)CC(C)(C)C)c(C)cc32)s1. The summed E-state index contributed by atoms with van der Waals surface area (Å²) in [6.07, 6.45) is 2.41. The molecule has 0 saturated heterocycles. The number of nitrogens with zero attached hydrogens (tertiary/aromatic N) is 3. The lowest BCUT2D eigenvalue weighted by Crippen LogP contribution is -2.20. The minimum atomic E-state index is -0.0467. The number of carbonyl (C=O) groups excluding carboxylic acids is 1. The Labute approximate surface area is 158 Å². The van der Waals surface area contributed by atoms with Crippen LogP contribution >= 0.6 is 11.3 Å². The number of hydrogen-bond donors (Lipinski definition) is 1. The van der Waals surface area contributed by atoms with Crippen LogP contribution in [0.4, 0.5) is 5.82 Å². The molecule has 0 radical (unpaired) electrons. The zero-order chi connectivity index (χ0) is 19.1. The van der Waals surface area contributed by atoms with Crippen molar-refractivity contribution in [1.29, 1.82) is 0 Å². The maximum absolute atomic E-state index is 12.3. The summed E-state index contributed by atoms with van der Waals surface area (Å²) < 4.78 is 2.25. The quantitative estimate of drug-likeness (QED) is 0.715. The van der Waals surface area contributed by atoms with Crippen LogP contribution in [0.2, 0.25) is 0 Å². The van der Waals surface area contributed by atoms with Crippen molar-refractivity contribution < 1.29 is 4.79 Å². The lowest BCUT2D eigenvalue weighted by molar-refractivity contribution is -0.117. The molecule has 3 aromatic rings. The van der Waals surface area contributed by atoms with Crippen molar-refractivity contribution in [2.45, 2.75) is 54.5 Å². The van der Waals surface area contributed by atoms with E-state index >= 15 is 0 Å². The van der Waals surface area contributed by atoms with Crippen molar-refractivity contribution in [3.05, 3.63) is 39.5 Å². The first kappa shape index (κ1) is 18.6. The average molecular weight is 371 g/mol. The Morgan fingerprint density at radius 1 is 1.23 bits per heavy atom. The summed E-state index contributed by atoms with van der Waals surface area (Å²) in [5.74, 6) is 0.654. The maximum Gasteiger partial charge on any atom is 0.226 e. The summed E-state index contributed by atoms with van der Waals surface area (Å²) in [5.41, 5.74) is 4.06. The first-order valence-electron chi connectivity index (χ1n) is 8.81. The van der Waals surface area contributed by atoms with Crippen LogP contribution in [-0.2, 0) is 11.3 Å². The summed E-state index contributed by atoms with van der Waals surface area (Å²) >= 11 is 1.71. The first-order valence-corrected chi connectivity index (χ1v) is 9.63. The molecule has 6 heteroatoms. The Balaban J connectivity index is 1.91. The Morgan fingerprint density at radius 2 is 1.96 bits per heavy atom. The second kappa shape index (κ2) is 6.83. The summed E-state index contributed by atoms with van der Waals surface area (Å²) in [4.78, 5) is 22.5. The number of hydrogen-bond acceptors (Lipinski definition) is 4. The van der Waals surface area contributed by atoms with Crippen molar-refractivity contribution in [2.75, 3.05) is 5.32 Å². The lowest BCUT2D eigenvalue weighted by Gasteiger charge is -2.17. The molecule has 3 rings (SSSR count). The number of nitrogens with one attached hydrogen (secondary N) is 1. The molecular weight excluding hydrogens is 344 g/mol. The first-order chi connectivity index (χ1) is 12.1. The number of aryl methyl sites for hydroxylation is 3. The van der Waals surface area contributed by atoms with Crippen LogP contribution in [0, 0.1) is 26.2 Å². The lowest BCUT2D eigenvalue weighted by atomic mass is 9.92. The molecule has 0 spiro atoms. The topological polar surface area (TPSA) is 59.8 Å². The van der Waals surface area contributed by atoms with Crippen molar-refractivity contribution in [3.63, 3.8) is 0 Å². The largest absolute Gasteiger partial charge is 0.338 e. The van der Waals surface area contributed by atoms with E-state index in [9.17, 15) is 4.79 Å². The average Bonchev–Trinajstić information content (AvgIpc) is 3.03. The smallest absolute Gasteiger partial charge is 0.226 e. The molecular formula is C20H26N4OS. The fourth-order valence-electron chi connectivity index (χ4n) is 3.03. The molecule has 0 bridgehead atoms. The Kier molecular flexibility index (Phi) is 4.88. The van der Waals surface area contributed by atoms with Crippen molar-refractivity contribution in [3.8, 4) is 0 Å². The highest BCUT2D eigenvalue weighted by molar-refractivity contribution is 7.11. The third-order valence-electron chi connectivity index (χ3n) is 4.22. The molecule has 0 aliphatic heterocycles. The molecule has 0 aliphatic rings. The summed E-state index contributed by atoms with van der Waals surface area (Å²) in [6, 6.07) is 4.18. The van der Waals surface area contributed by atoms with E-state index in [1.165, 1.54) is 4.88 Å². The molecule has 3 heterocycles. The van der Waals surface area contributed by atoms with Gasteiger partial charge in [-0.05, 0) is 43.9 Å². The third kappa shape index (κ3) is 4.12. The minimum Gasteiger partial charge on any atom is -0.338 e. The number of carbonyl (C=O) groups is 1. The Hall–Kier alpha value is -2.21. The third-order valence-corrected chi connectivity index (χ3v) is 5.11. The van der Waals surface area contributed by atoms with Crippen LogP contribution in [-0.4, -0.2) is 20.4 Å². The number of rotatable bonds is 4. The molecule has 0 atom stereocenters. The summed E-state index contributed by atoms with van der Waals surface area (Å²) in [6.45, 7) is 13.1. The minimum absolute atomic E-state index is 0.00346. The van der Waals surface area contributed by atoms with Gasteiger partial charge in [0.25, 0.3) is 0 Å². The number of fused-ring (bicyclic) bond motifs is 1. The van der Waals surface area contributed by atoms with E-state index in [-0.39, 0.29) is 11.3 Å². The Bertz CT molecular complexity index is 962. The monoisotopic (exact) mass is 370 g/mol. The standard InChI is InChI=1S/C20H26N4OS/c1-12-7-17-16(22-19(12)23-18(25)9-20(4,5)6)8-13(2)24(17)11-15-10-21-14(3)26-15/h7-8,10H,9,11H2,1-6H3,(H,22,23,25). The summed E-state index contributed by atoms with van der Waals surface area (Å²) in [5, 5.41) is 4.05. The maximum atomic E-state index is 12.3. The molecule has 0 aromatic carbocycles. The predicted octanol–water partition coefficient (Wildman–Crippen LogP) is 4.84. The van der Waals surface area contributed by atoms with Gasteiger partial charge >= 0.3 is 0 Å². The Morgan fingerprint density at radius 3 is 2.58 bits per heavy atom. The van der Waals surface area contributed by atoms with Gasteiger partial charge in [0.1, 0.15) is 5.82 Å². The van der Waals surface area contributed by atoms with E-state index in [0.717, 1.165) is 33.8 Å². The van der Waals surface area contributed by atoms with Gasteiger partial charge in [0.2, 0.25) is 5.91 Å². The van der Waals surface area contributed by atoms with Gasteiger partial charge in [-0.25, -0.2) is 9.97 Å². The summed E-state index contributed by atoms with van der Waals surface area (Å²) in [7, 11) is 0. The zero-order valence-electron chi connectivity index (χ0n) is 16.3. The van der Waals surface area contributed by atoms with E-state index in [2.05, 4.69) is 54.7 Å². The van der Waals surface area contributed by atoms with E-state index in [1.54, 1.807) is 11.3 Å². The van der Waals surface area contributed by atoms with Gasteiger partial charge in [-0.15, -0.1) is 11.3 Å². The van der Waals surface area contributed by atoms with Gasteiger partial charge in [-0.1, -0.05) is 20.8 Å². The molecule has 0 saturated carbocycles. The second-order valence-corrected chi connectivity index (χ2v) is 9.38. The normalized spacial score (nSPS) is 11.9. The number of thiazole rings is 1. The van der Waals surface area contributed by atoms with E-state index in [4.69, 9.17) is 4.98 Å². The number of amides is 1. The van der Waals surface area contributed by atoms with E-state index < -0.39 is 0 Å². The number of anilines is 1. The fourth-order valence-corrected chi connectivity index (χ4v) is 3.81. The van der Waals surface area contributed by atoms with Crippen LogP contribution < -0.4 is 5.32 Å². The molecule has 0 fully saturated rings. The van der Waals surface area contributed by atoms with Crippen molar-refractivity contribution in [1.82, 2.24) is 14.5 Å². The molecule has 3 aromatic heterocycles. The van der Waals surface area contributed by atoms with Crippen LogP contribution in [0.3, 0.4) is 0 Å². The molecule has 1 N–H and O–H groups in total. The highest BCUT2D eigenvalue weighted by Crippen LogP contribution is 2.26. The van der Waals surface area contributed by atoms with Gasteiger partial charge in [0.05, 0.1) is 22.6 Å².